The van der Waals surface area contributed by atoms with Crippen LogP contribution in [0.15, 0.2) is 60.7 Å². The van der Waals surface area contributed by atoms with Crippen molar-refractivity contribution in [1.82, 2.24) is 0 Å². The largest absolute Gasteiger partial charge is 0.493 e. The van der Waals surface area contributed by atoms with Crippen molar-refractivity contribution in [3.8, 4) is 17.2 Å². The van der Waals surface area contributed by atoms with Crippen LogP contribution >= 0.6 is 0 Å². The Morgan fingerprint density at radius 3 is 2.19 bits per heavy atom. The quantitative estimate of drug-likeness (QED) is 0.153. The average Bonchev–Trinajstić information content (AvgIpc) is 2.89. The van der Waals surface area contributed by atoms with E-state index in [1.807, 2.05) is 0 Å². The maximum Gasteiger partial charge on any atom is 0.343 e. The molecule has 36 heavy (non-hydrogen) atoms. The number of methoxy groups -OCH3 is 2. The molecule has 192 valence electrons. The molecule has 0 N–H and O–H groups in total. The first-order valence-corrected chi connectivity index (χ1v) is 11.7. The van der Waals surface area contributed by atoms with Crippen molar-refractivity contribution in [3.63, 3.8) is 0 Å². The Balaban J connectivity index is 1.80. The maximum atomic E-state index is 12.6. The number of unbranched alkanes of at least 4 members (excludes halogenated alkanes) is 3. The molecule has 0 amide bonds. The summed E-state index contributed by atoms with van der Waals surface area (Å²) in [6.07, 6.45) is 9.46. The molecule has 8 nitrogen and oxygen atoms in total. The molecule has 0 aliphatic rings. The topological polar surface area (TPSA) is 97.4 Å². The van der Waals surface area contributed by atoms with Gasteiger partial charge in [-0.25, -0.2) is 14.4 Å². The minimum absolute atomic E-state index is 0.317. The Morgan fingerprint density at radius 2 is 1.53 bits per heavy atom. The van der Waals surface area contributed by atoms with Gasteiger partial charge in [0, 0.05) is 12.2 Å². The third-order valence-electron chi connectivity index (χ3n) is 4.95. The molecule has 0 heterocycles. The summed E-state index contributed by atoms with van der Waals surface area (Å²) < 4.78 is 26.2. The van der Waals surface area contributed by atoms with Gasteiger partial charge in [0.15, 0.2) is 11.5 Å². The summed E-state index contributed by atoms with van der Waals surface area (Å²) in [6, 6.07) is 11.6. The van der Waals surface area contributed by atoms with Crippen LogP contribution in [0.5, 0.6) is 17.2 Å². The van der Waals surface area contributed by atoms with Gasteiger partial charge in [-0.2, -0.15) is 0 Å². The molecule has 0 spiro atoms. The third-order valence-corrected chi connectivity index (χ3v) is 4.95. The van der Waals surface area contributed by atoms with Crippen LogP contribution in [0.2, 0.25) is 0 Å². The molecule has 2 rings (SSSR count). The Morgan fingerprint density at radius 1 is 0.806 bits per heavy atom. The molecular formula is C28H32O8. The smallest absolute Gasteiger partial charge is 0.343 e. The first-order chi connectivity index (χ1) is 17.5. The first kappa shape index (κ1) is 28.2. The van der Waals surface area contributed by atoms with Crippen LogP contribution in [-0.4, -0.2) is 45.3 Å². The van der Waals surface area contributed by atoms with E-state index < -0.39 is 11.9 Å². The monoisotopic (exact) mass is 496 g/mol. The van der Waals surface area contributed by atoms with Crippen LogP contribution < -0.4 is 14.2 Å². The maximum absolute atomic E-state index is 12.6. The van der Waals surface area contributed by atoms with Crippen LogP contribution in [0.4, 0.5) is 0 Å². The molecule has 0 unspecified atom stereocenters. The van der Waals surface area contributed by atoms with Crippen molar-refractivity contribution in [2.24, 2.45) is 0 Å². The fourth-order valence-corrected chi connectivity index (χ4v) is 3.06. The fourth-order valence-electron chi connectivity index (χ4n) is 3.06. The Hall–Kier alpha value is -4.07. The van der Waals surface area contributed by atoms with Crippen LogP contribution in [0.3, 0.4) is 0 Å². The standard InChI is InChI=1S/C28H32O8/c1-4-9-27(30)35-19-8-6-5-7-18-34-24-16-13-22(20-25(24)32-2)28(31)36-23-14-10-21(11-15-23)12-17-26(29)33-3/h4,9-17,20H,5-8,18-19H2,1-3H3. The van der Waals surface area contributed by atoms with Gasteiger partial charge in [-0.05, 0) is 74.6 Å². The highest BCUT2D eigenvalue weighted by Crippen LogP contribution is 2.29. The fraction of sp³-hybridized carbons (Fsp3) is 0.321. The van der Waals surface area contributed by atoms with Gasteiger partial charge in [0.1, 0.15) is 5.75 Å². The number of benzene rings is 2. The molecule has 8 heteroatoms. The second-order valence-electron chi connectivity index (χ2n) is 7.61. The molecule has 0 saturated carbocycles. The number of ether oxygens (including phenoxy) is 5. The zero-order chi connectivity index (χ0) is 26.2. The van der Waals surface area contributed by atoms with Gasteiger partial charge in [-0.3, -0.25) is 0 Å². The molecule has 0 fully saturated rings. The SMILES string of the molecule is CC=CC(=O)OCCCCCCOc1ccc(C(=O)Oc2ccc(C=CC(=O)OC)cc2)cc1OC. The molecular weight excluding hydrogens is 464 g/mol. The van der Waals surface area contributed by atoms with E-state index in [1.54, 1.807) is 61.5 Å². The summed E-state index contributed by atoms with van der Waals surface area (Å²) >= 11 is 0. The van der Waals surface area contributed by atoms with Crippen LogP contribution in [0.1, 0.15) is 48.5 Å². The van der Waals surface area contributed by atoms with Gasteiger partial charge < -0.3 is 23.7 Å². The summed E-state index contributed by atoms with van der Waals surface area (Å²) in [5.41, 5.74) is 1.08. The van der Waals surface area contributed by atoms with E-state index in [9.17, 15) is 14.4 Å². The molecule has 0 aliphatic carbocycles. The minimum Gasteiger partial charge on any atom is -0.493 e. The summed E-state index contributed by atoms with van der Waals surface area (Å²) in [7, 11) is 2.81. The minimum atomic E-state index is -0.534. The van der Waals surface area contributed by atoms with E-state index in [0.717, 1.165) is 31.2 Å². The summed E-state index contributed by atoms with van der Waals surface area (Å²) in [5.74, 6) is 0.0358. The van der Waals surface area contributed by atoms with Crippen molar-refractivity contribution >= 4 is 24.0 Å². The van der Waals surface area contributed by atoms with Crippen molar-refractivity contribution < 1.29 is 38.1 Å². The summed E-state index contributed by atoms with van der Waals surface area (Å²) in [6.45, 7) is 2.67. The Kier molecular flexibility index (Phi) is 12.3. The molecule has 0 atom stereocenters. The van der Waals surface area contributed by atoms with Crippen LogP contribution in [0, 0.1) is 0 Å². The number of rotatable bonds is 14. The number of carbonyl (C=O) groups is 3. The molecule has 0 bridgehead atoms. The molecule has 0 saturated heterocycles. The molecule has 2 aromatic carbocycles. The average molecular weight is 497 g/mol. The normalized spacial score (nSPS) is 10.9. The lowest BCUT2D eigenvalue weighted by molar-refractivity contribution is -0.138. The van der Waals surface area contributed by atoms with E-state index in [0.29, 0.717) is 36.0 Å². The van der Waals surface area contributed by atoms with E-state index in [4.69, 9.17) is 18.9 Å². The molecule has 0 aromatic heterocycles. The van der Waals surface area contributed by atoms with Gasteiger partial charge in [-0.1, -0.05) is 18.2 Å². The summed E-state index contributed by atoms with van der Waals surface area (Å²) in [4.78, 5) is 35.0. The second-order valence-corrected chi connectivity index (χ2v) is 7.61. The van der Waals surface area contributed by atoms with Gasteiger partial charge in [0.2, 0.25) is 0 Å². The highest BCUT2D eigenvalue weighted by Gasteiger charge is 2.13. The highest BCUT2D eigenvalue weighted by atomic mass is 16.5. The van der Waals surface area contributed by atoms with E-state index in [-0.39, 0.29) is 5.97 Å². The zero-order valence-corrected chi connectivity index (χ0v) is 20.9. The van der Waals surface area contributed by atoms with Gasteiger partial charge >= 0.3 is 17.9 Å². The van der Waals surface area contributed by atoms with Gasteiger partial charge in [0.05, 0.1) is 33.0 Å². The van der Waals surface area contributed by atoms with Crippen LogP contribution in [0.25, 0.3) is 6.08 Å². The Bertz CT molecular complexity index is 1050. The van der Waals surface area contributed by atoms with E-state index >= 15 is 0 Å². The van der Waals surface area contributed by atoms with E-state index in [2.05, 4.69) is 4.74 Å². The van der Waals surface area contributed by atoms with Crippen LogP contribution in [-0.2, 0) is 19.1 Å². The highest BCUT2D eigenvalue weighted by molar-refractivity contribution is 5.92. The molecule has 0 radical (unpaired) electrons. The zero-order valence-electron chi connectivity index (χ0n) is 20.9. The molecule has 0 aliphatic heterocycles. The van der Waals surface area contributed by atoms with Gasteiger partial charge in [-0.15, -0.1) is 0 Å². The second kappa shape index (κ2) is 15.8. The number of esters is 3. The molecule has 2 aromatic rings. The van der Waals surface area contributed by atoms with Crippen molar-refractivity contribution in [1.29, 1.82) is 0 Å². The van der Waals surface area contributed by atoms with Gasteiger partial charge in [0.25, 0.3) is 0 Å². The van der Waals surface area contributed by atoms with Crippen molar-refractivity contribution in [2.45, 2.75) is 32.6 Å². The predicted molar refractivity (Wildman–Crippen MR) is 135 cm³/mol. The number of allylic oxidation sites excluding steroid dienone is 1. The number of hydrogen-bond donors (Lipinski definition) is 0. The number of carbonyl (C=O) groups excluding carboxylic acids is 3. The predicted octanol–water partition coefficient (Wildman–Crippen LogP) is 5.16. The lowest BCUT2D eigenvalue weighted by Gasteiger charge is -2.12. The first-order valence-electron chi connectivity index (χ1n) is 11.7. The lowest BCUT2D eigenvalue weighted by Crippen LogP contribution is -2.09. The van der Waals surface area contributed by atoms with Crippen molar-refractivity contribution in [3.05, 3.63) is 71.8 Å². The van der Waals surface area contributed by atoms with E-state index in [1.165, 1.54) is 26.4 Å². The van der Waals surface area contributed by atoms with Crippen molar-refractivity contribution in [2.75, 3.05) is 27.4 Å². The number of hydrogen-bond acceptors (Lipinski definition) is 8. The lowest BCUT2D eigenvalue weighted by atomic mass is 10.2. The Labute approximate surface area is 211 Å². The third kappa shape index (κ3) is 10.0. The summed E-state index contributed by atoms with van der Waals surface area (Å²) in [5, 5.41) is 0.